The number of carbonyl (C=O) groups is 1. The van der Waals surface area contributed by atoms with Gasteiger partial charge in [-0.1, -0.05) is 36.4 Å². The van der Waals surface area contributed by atoms with Gasteiger partial charge < -0.3 is 10.2 Å². The van der Waals surface area contributed by atoms with Crippen molar-refractivity contribution in [3.05, 3.63) is 89.5 Å². The Morgan fingerprint density at radius 1 is 1.06 bits per heavy atom. The number of nitriles is 1. The Hall–Kier alpha value is -3.67. The molecule has 1 aliphatic heterocycles. The lowest BCUT2D eigenvalue weighted by Gasteiger charge is -2.22. The number of hydrogen-bond donors (Lipinski definition) is 1. The molecule has 1 amide bonds. The maximum Gasteiger partial charge on any atom is 0.243 e. The van der Waals surface area contributed by atoms with E-state index in [4.69, 9.17) is 5.26 Å². The van der Waals surface area contributed by atoms with E-state index in [1.807, 2.05) is 42.5 Å². The predicted octanol–water partition coefficient (Wildman–Crippen LogP) is 3.38. The number of para-hydroxylation sites is 2. The summed E-state index contributed by atoms with van der Waals surface area (Å²) in [4.78, 5) is 15.0. The zero-order valence-electron chi connectivity index (χ0n) is 18.2. The number of hydrogen-bond acceptors (Lipinski definition) is 5. The fourth-order valence-electron chi connectivity index (χ4n) is 3.91. The smallest absolute Gasteiger partial charge is 0.243 e. The number of nitrogens with one attached hydrogen (secondary N) is 1. The van der Waals surface area contributed by atoms with Gasteiger partial charge in [0.15, 0.2) is 0 Å². The lowest BCUT2D eigenvalue weighted by atomic mass is 10.1. The fraction of sp³-hybridized carbons (Fsp3) is 0.200. The minimum absolute atomic E-state index is 0.0323. The zero-order chi connectivity index (χ0) is 23.4. The first-order chi connectivity index (χ1) is 15.9. The van der Waals surface area contributed by atoms with Crippen molar-refractivity contribution in [1.82, 2.24) is 4.31 Å². The third kappa shape index (κ3) is 4.90. The molecule has 0 saturated heterocycles. The van der Waals surface area contributed by atoms with Crippen molar-refractivity contribution >= 4 is 27.3 Å². The molecule has 8 heteroatoms. The number of sulfonamides is 1. The summed E-state index contributed by atoms with van der Waals surface area (Å²) >= 11 is 0. The minimum Gasteiger partial charge on any atom is -0.367 e. The number of nitrogens with zero attached hydrogens (tertiary/aromatic N) is 3. The molecule has 0 fully saturated rings. The Morgan fingerprint density at radius 3 is 2.52 bits per heavy atom. The molecule has 3 aromatic rings. The molecule has 4 rings (SSSR count). The Kier molecular flexibility index (Phi) is 6.45. The van der Waals surface area contributed by atoms with Crippen LogP contribution in [-0.4, -0.2) is 38.8 Å². The number of anilines is 2. The van der Waals surface area contributed by atoms with Gasteiger partial charge in [-0.05, 0) is 53.9 Å². The van der Waals surface area contributed by atoms with Gasteiger partial charge in [-0.25, -0.2) is 8.42 Å². The highest BCUT2D eigenvalue weighted by Gasteiger charge is 2.24. The minimum atomic E-state index is -3.86. The van der Waals surface area contributed by atoms with Gasteiger partial charge in [0, 0.05) is 31.5 Å². The summed E-state index contributed by atoms with van der Waals surface area (Å²) in [5, 5.41) is 11.8. The molecule has 1 aliphatic rings. The van der Waals surface area contributed by atoms with E-state index >= 15 is 0 Å². The van der Waals surface area contributed by atoms with E-state index in [1.54, 1.807) is 0 Å². The standard InChI is InChI=1S/C25H24N4O3S/c1-28(33(31,32)22-12-10-19(16-26)11-13-22)18-25(30)27-23-8-4-2-7-21(23)17-29-15-14-20-6-3-5-9-24(20)29/h2-13H,14-15,17-18H2,1H3,(H,27,30). The van der Waals surface area contributed by atoms with Gasteiger partial charge in [-0.3, -0.25) is 4.79 Å². The van der Waals surface area contributed by atoms with Crippen molar-refractivity contribution in [2.24, 2.45) is 0 Å². The lowest BCUT2D eigenvalue weighted by molar-refractivity contribution is -0.116. The molecule has 0 bridgehead atoms. The van der Waals surface area contributed by atoms with E-state index in [9.17, 15) is 13.2 Å². The van der Waals surface area contributed by atoms with Gasteiger partial charge >= 0.3 is 0 Å². The molecule has 0 aliphatic carbocycles. The highest BCUT2D eigenvalue weighted by atomic mass is 32.2. The summed E-state index contributed by atoms with van der Waals surface area (Å²) in [5.41, 5.74) is 4.50. The first-order valence-electron chi connectivity index (χ1n) is 10.6. The third-order valence-electron chi connectivity index (χ3n) is 5.69. The Morgan fingerprint density at radius 2 is 1.76 bits per heavy atom. The highest BCUT2D eigenvalue weighted by molar-refractivity contribution is 7.89. The van der Waals surface area contributed by atoms with Crippen LogP contribution in [0.2, 0.25) is 0 Å². The van der Waals surface area contributed by atoms with Crippen LogP contribution in [-0.2, 0) is 27.8 Å². The molecule has 0 saturated carbocycles. The van der Waals surface area contributed by atoms with Crippen LogP contribution in [0.1, 0.15) is 16.7 Å². The van der Waals surface area contributed by atoms with Crippen LogP contribution in [0.25, 0.3) is 0 Å². The van der Waals surface area contributed by atoms with Gasteiger partial charge in [-0.2, -0.15) is 9.57 Å². The van der Waals surface area contributed by atoms with Crippen molar-refractivity contribution < 1.29 is 13.2 Å². The molecule has 0 aromatic heterocycles. The van der Waals surface area contributed by atoms with Gasteiger partial charge in [-0.15, -0.1) is 0 Å². The number of rotatable bonds is 7. The summed E-state index contributed by atoms with van der Waals surface area (Å²) in [6, 6.07) is 23.4. The summed E-state index contributed by atoms with van der Waals surface area (Å²) in [5.74, 6) is -0.427. The molecule has 1 heterocycles. The van der Waals surface area contributed by atoms with Crippen molar-refractivity contribution in [2.45, 2.75) is 17.9 Å². The monoisotopic (exact) mass is 460 g/mol. The van der Waals surface area contributed by atoms with Crippen LogP contribution in [0.15, 0.2) is 77.7 Å². The Bertz CT molecular complexity index is 1310. The zero-order valence-corrected chi connectivity index (χ0v) is 19.0. The van der Waals surface area contributed by atoms with E-state index in [0.717, 1.165) is 22.8 Å². The first-order valence-corrected chi connectivity index (χ1v) is 12.0. The second-order valence-electron chi connectivity index (χ2n) is 7.90. The number of amides is 1. The summed E-state index contributed by atoms with van der Waals surface area (Å²) in [6.07, 6.45) is 0.989. The average Bonchev–Trinajstić information content (AvgIpc) is 3.23. The topological polar surface area (TPSA) is 93.5 Å². The van der Waals surface area contributed by atoms with Crippen molar-refractivity contribution in [1.29, 1.82) is 5.26 Å². The SMILES string of the molecule is CN(CC(=O)Nc1ccccc1CN1CCc2ccccc21)S(=O)(=O)c1ccc(C#N)cc1. The van der Waals surface area contributed by atoms with E-state index in [1.165, 1.54) is 42.6 Å². The molecule has 0 atom stereocenters. The second kappa shape index (κ2) is 9.45. The summed E-state index contributed by atoms with van der Waals surface area (Å²) in [7, 11) is -2.50. The molecule has 0 radical (unpaired) electrons. The van der Waals surface area contributed by atoms with Crippen LogP contribution in [0.4, 0.5) is 11.4 Å². The second-order valence-corrected chi connectivity index (χ2v) is 9.95. The summed E-state index contributed by atoms with van der Waals surface area (Å²) < 4.78 is 26.6. The normalized spacial score (nSPS) is 12.9. The largest absolute Gasteiger partial charge is 0.367 e. The van der Waals surface area contributed by atoms with Gasteiger partial charge in [0.25, 0.3) is 0 Å². The van der Waals surface area contributed by atoms with Gasteiger partial charge in [0.05, 0.1) is 23.1 Å². The lowest BCUT2D eigenvalue weighted by Crippen LogP contribution is -2.35. The maximum absolute atomic E-state index is 12.8. The first kappa shape index (κ1) is 22.5. The molecule has 168 valence electrons. The van der Waals surface area contributed by atoms with Crippen LogP contribution < -0.4 is 10.2 Å². The quantitative estimate of drug-likeness (QED) is 0.583. The molecule has 3 aromatic carbocycles. The third-order valence-corrected chi connectivity index (χ3v) is 7.51. The molecule has 0 unspecified atom stereocenters. The van der Waals surface area contributed by atoms with Gasteiger partial charge in [0.1, 0.15) is 0 Å². The van der Waals surface area contributed by atoms with E-state index in [0.29, 0.717) is 17.8 Å². The van der Waals surface area contributed by atoms with Crippen molar-refractivity contribution in [3.63, 3.8) is 0 Å². The number of fused-ring (bicyclic) bond motifs is 1. The van der Waals surface area contributed by atoms with E-state index in [-0.39, 0.29) is 11.4 Å². The van der Waals surface area contributed by atoms with Crippen LogP contribution in [0, 0.1) is 11.3 Å². The fourth-order valence-corrected chi connectivity index (χ4v) is 5.04. The molecule has 0 spiro atoms. The molecular weight excluding hydrogens is 436 g/mol. The predicted molar refractivity (Wildman–Crippen MR) is 127 cm³/mol. The van der Waals surface area contributed by atoms with Crippen LogP contribution >= 0.6 is 0 Å². The molecule has 33 heavy (non-hydrogen) atoms. The van der Waals surface area contributed by atoms with E-state index in [2.05, 4.69) is 22.3 Å². The number of benzene rings is 3. The van der Waals surface area contributed by atoms with Crippen LogP contribution in [0.5, 0.6) is 0 Å². The molecular formula is C25H24N4O3S. The molecule has 1 N–H and O–H groups in total. The van der Waals surface area contributed by atoms with Crippen LogP contribution in [0.3, 0.4) is 0 Å². The van der Waals surface area contributed by atoms with Crippen molar-refractivity contribution in [2.75, 3.05) is 30.4 Å². The maximum atomic E-state index is 12.8. The highest BCUT2D eigenvalue weighted by Crippen LogP contribution is 2.30. The Balaban J connectivity index is 1.44. The number of likely N-dealkylation sites (N-methyl/N-ethyl adjacent to an activating group) is 1. The average molecular weight is 461 g/mol. The van der Waals surface area contributed by atoms with Gasteiger partial charge in [0.2, 0.25) is 15.9 Å². The Labute approximate surface area is 193 Å². The summed E-state index contributed by atoms with van der Waals surface area (Å²) in [6.45, 7) is 1.23. The molecule has 7 nitrogen and oxygen atoms in total. The van der Waals surface area contributed by atoms with E-state index < -0.39 is 15.9 Å². The van der Waals surface area contributed by atoms with Crippen molar-refractivity contribution in [3.8, 4) is 6.07 Å². The number of carbonyl (C=O) groups excluding carboxylic acids is 1.